The molecule has 2 aromatic carbocycles. The Morgan fingerprint density at radius 1 is 1.03 bits per heavy atom. The SMILES string of the molecule is COc1ccc(OC)c(N2CCN(Cc3nnsc3-c3cccc(F)c3)CC2)c1. The number of methoxy groups -OCH3 is 2. The third-order valence-corrected chi connectivity index (χ3v) is 5.93. The van der Waals surface area contributed by atoms with Crippen molar-refractivity contribution in [2.45, 2.75) is 6.54 Å². The highest BCUT2D eigenvalue weighted by Crippen LogP contribution is 2.33. The van der Waals surface area contributed by atoms with Crippen LogP contribution in [-0.2, 0) is 6.54 Å². The van der Waals surface area contributed by atoms with Crippen LogP contribution >= 0.6 is 11.5 Å². The lowest BCUT2D eigenvalue weighted by molar-refractivity contribution is 0.246. The number of rotatable bonds is 6. The molecule has 29 heavy (non-hydrogen) atoms. The van der Waals surface area contributed by atoms with E-state index >= 15 is 0 Å². The maximum absolute atomic E-state index is 13.6. The molecule has 0 saturated carbocycles. The number of piperazine rings is 1. The number of anilines is 1. The largest absolute Gasteiger partial charge is 0.497 e. The quantitative estimate of drug-likeness (QED) is 0.613. The third-order valence-electron chi connectivity index (χ3n) is 5.11. The van der Waals surface area contributed by atoms with Crippen LogP contribution in [0.4, 0.5) is 10.1 Å². The molecule has 0 atom stereocenters. The normalized spacial score (nSPS) is 14.8. The summed E-state index contributed by atoms with van der Waals surface area (Å²) in [6, 6.07) is 12.5. The van der Waals surface area contributed by atoms with Gasteiger partial charge in [-0.05, 0) is 41.4 Å². The second-order valence-corrected chi connectivity index (χ2v) is 7.61. The summed E-state index contributed by atoms with van der Waals surface area (Å²) in [7, 11) is 3.35. The van der Waals surface area contributed by atoms with Crippen molar-refractivity contribution < 1.29 is 13.9 Å². The molecule has 1 fully saturated rings. The second kappa shape index (κ2) is 8.75. The summed E-state index contributed by atoms with van der Waals surface area (Å²) in [5, 5.41) is 4.30. The Morgan fingerprint density at radius 2 is 1.86 bits per heavy atom. The zero-order valence-electron chi connectivity index (χ0n) is 16.5. The van der Waals surface area contributed by atoms with Crippen LogP contribution < -0.4 is 14.4 Å². The summed E-state index contributed by atoms with van der Waals surface area (Å²) < 4.78 is 28.6. The highest BCUT2D eigenvalue weighted by atomic mass is 32.1. The maximum atomic E-state index is 13.6. The fourth-order valence-electron chi connectivity index (χ4n) is 3.56. The molecule has 0 N–H and O–H groups in total. The minimum Gasteiger partial charge on any atom is -0.497 e. The average Bonchev–Trinajstić information content (AvgIpc) is 3.22. The molecular weight excluding hydrogens is 391 g/mol. The molecule has 0 spiro atoms. The summed E-state index contributed by atoms with van der Waals surface area (Å²) in [5.41, 5.74) is 2.77. The van der Waals surface area contributed by atoms with Gasteiger partial charge in [-0.25, -0.2) is 4.39 Å². The van der Waals surface area contributed by atoms with Crippen molar-refractivity contribution in [2.75, 3.05) is 45.3 Å². The number of hydrogen-bond acceptors (Lipinski definition) is 7. The van der Waals surface area contributed by atoms with Crippen molar-refractivity contribution in [2.24, 2.45) is 0 Å². The predicted molar refractivity (Wildman–Crippen MR) is 112 cm³/mol. The van der Waals surface area contributed by atoms with Crippen LogP contribution in [0, 0.1) is 5.82 Å². The number of halogens is 1. The second-order valence-electron chi connectivity index (χ2n) is 6.86. The molecule has 1 saturated heterocycles. The zero-order chi connectivity index (χ0) is 20.2. The lowest BCUT2D eigenvalue weighted by Gasteiger charge is -2.36. The standard InChI is InChI=1S/C21H23FN4O2S/c1-27-17-6-7-20(28-2)19(13-17)26-10-8-25(9-11-26)14-18-21(29-24-23-18)15-4-3-5-16(22)12-15/h3-7,12-13H,8-11,14H2,1-2H3. The van der Waals surface area contributed by atoms with Gasteiger partial charge in [0.1, 0.15) is 17.3 Å². The van der Waals surface area contributed by atoms with E-state index in [9.17, 15) is 4.39 Å². The van der Waals surface area contributed by atoms with Gasteiger partial charge in [-0.15, -0.1) is 5.10 Å². The minimum absolute atomic E-state index is 0.247. The van der Waals surface area contributed by atoms with E-state index in [0.717, 1.165) is 59.5 Å². The van der Waals surface area contributed by atoms with E-state index in [4.69, 9.17) is 9.47 Å². The van der Waals surface area contributed by atoms with Gasteiger partial charge < -0.3 is 14.4 Å². The van der Waals surface area contributed by atoms with Crippen molar-refractivity contribution in [1.82, 2.24) is 14.5 Å². The van der Waals surface area contributed by atoms with Gasteiger partial charge in [0.25, 0.3) is 0 Å². The summed E-state index contributed by atoms with van der Waals surface area (Å²) in [6.07, 6.45) is 0. The molecular formula is C21H23FN4O2S. The van der Waals surface area contributed by atoms with Crippen molar-refractivity contribution in [3.63, 3.8) is 0 Å². The first-order valence-corrected chi connectivity index (χ1v) is 10.2. The van der Waals surface area contributed by atoms with E-state index < -0.39 is 0 Å². The number of benzene rings is 2. The molecule has 1 aromatic heterocycles. The Balaban J connectivity index is 1.44. The summed E-state index contributed by atoms with van der Waals surface area (Å²) in [6.45, 7) is 4.22. The first-order chi connectivity index (χ1) is 14.2. The van der Waals surface area contributed by atoms with Gasteiger partial charge in [-0.3, -0.25) is 4.90 Å². The molecule has 6 nitrogen and oxygen atoms in total. The number of nitrogens with zero attached hydrogens (tertiary/aromatic N) is 4. The Labute approximate surface area is 173 Å². The Kier molecular flexibility index (Phi) is 5.92. The molecule has 1 aliphatic rings. The van der Waals surface area contributed by atoms with E-state index in [0.29, 0.717) is 6.54 Å². The molecule has 4 rings (SSSR count). The molecule has 0 amide bonds. The van der Waals surface area contributed by atoms with Crippen molar-refractivity contribution >= 4 is 17.2 Å². The fourth-order valence-corrected chi connectivity index (χ4v) is 4.23. The van der Waals surface area contributed by atoms with Crippen LogP contribution in [0.15, 0.2) is 42.5 Å². The van der Waals surface area contributed by atoms with Crippen LogP contribution in [0.25, 0.3) is 10.4 Å². The van der Waals surface area contributed by atoms with E-state index in [1.54, 1.807) is 20.3 Å². The fraction of sp³-hybridized carbons (Fsp3) is 0.333. The van der Waals surface area contributed by atoms with Crippen molar-refractivity contribution in [3.8, 4) is 21.9 Å². The van der Waals surface area contributed by atoms with E-state index in [1.165, 1.54) is 23.7 Å². The summed E-state index contributed by atoms with van der Waals surface area (Å²) in [4.78, 5) is 5.59. The van der Waals surface area contributed by atoms with Gasteiger partial charge in [0.2, 0.25) is 0 Å². The Hall–Kier alpha value is -2.71. The monoisotopic (exact) mass is 414 g/mol. The van der Waals surface area contributed by atoms with Crippen LogP contribution in [0.2, 0.25) is 0 Å². The van der Waals surface area contributed by atoms with Gasteiger partial charge in [-0.1, -0.05) is 16.6 Å². The average molecular weight is 415 g/mol. The van der Waals surface area contributed by atoms with Gasteiger partial charge in [0.05, 0.1) is 30.5 Å². The topological polar surface area (TPSA) is 50.7 Å². The molecule has 8 heteroatoms. The van der Waals surface area contributed by atoms with Crippen LogP contribution in [0.3, 0.4) is 0 Å². The number of hydrogen-bond donors (Lipinski definition) is 0. The third kappa shape index (κ3) is 4.33. The molecule has 2 heterocycles. The van der Waals surface area contributed by atoms with Crippen LogP contribution in [-0.4, -0.2) is 54.9 Å². The highest BCUT2D eigenvalue weighted by Gasteiger charge is 2.22. The molecule has 152 valence electrons. The van der Waals surface area contributed by atoms with E-state index in [1.807, 2.05) is 24.3 Å². The molecule has 0 bridgehead atoms. The van der Waals surface area contributed by atoms with E-state index in [2.05, 4.69) is 19.4 Å². The predicted octanol–water partition coefficient (Wildman–Crippen LogP) is 3.68. The minimum atomic E-state index is -0.247. The van der Waals surface area contributed by atoms with Gasteiger partial charge in [0.15, 0.2) is 0 Å². The number of aromatic nitrogens is 2. The molecule has 0 radical (unpaired) electrons. The number of ether oxygens (including phenoxy) is 2. The van der Waals surface area contributed by atoms with Crippen LogP contribution in [0.1, 0.15) is 5.69 Å². The maximum Gasteiger partial charge on any atom is 0.142 e. The summed E-state index contributed by atoms with van der Waals surface area (Å²) in [5.74, 6) is 1.41. The molecule has 1 aliphatic heterocycles. The summed E-state index contributed by atoms with van der Waals surface area (Å²) >= 11 is 1.31. The Morgan fingerprint density at radius 3 is 2.59 bits per heavy atom. The lowest BCUT2D eigenvalue weighted by atomic mass is 10.1. The molecule has 0 unspecified atom stereocenters. The van der Waals surface area contributed by atoms with E-state index in [-0.39, 0.29) is 5.82 Å². The van der Waals surface area contributed by atoms with Crippen molar-refractivity contribution in [1.29, 1.82) is 0 Å². The molecule has 3 aromatic rings. The van der Waals surface area contributed by atoms with Crippen molar-refractivity contribution in [3.05, 3.63) is 54.0 Å². The smallest absolute Gasteiger partial charge is 0.142 e. The lowest BCUT2D eigenvalue weighted by Crippen LogP contribution is -2.46. The highest BCUT2D eigenvalue weighted by molar-refractivity contribution is 7.09. The van der Waals surface area contributed by atoms with Gasteiger partial charge >= 0.3 is 0 Å². The first kappa shape index (κ1) is 19.6. The Bertz CT molecular complexity index is 973. The van der Waals surface area contributed by atoms with Gasteiger partial charge in [-0.2, -0.15) is 0 Å². The van der Waals surface area contributed by atoms with Gasteiger partial charge in [0, 0.05) is 38.8 Å². The van der Waals surface area contributed by atoms with Crippen LogP contribution in [0.5, 0.6) is 11.5 Å². The molecule has 0 aliphatic carbocycles. The first-order valence-electron chi connectivity index (χ1n) is 9.44. The zero-order valence-corrected chi connectivity index (χ0v) is 17.3.